The summed E-state index contributed by atoms with van der Waals surface area (Å²) in [6.07, 6.45) is -0.0174. The first-order chi connectivity index (χ1) is 7.46. The van der Waals surface area contributed by atoms with Crippen molar-refractivity contribution in [3.8, 4) is 0 Å². The van der Waals surface area contributed by atoms with Gasteiger partial charge in [-0.05, 0) is 24.1 Å². The number of likely N-dealkylation sites (tertiary alicyclic amines) is 1. The van der Waals surface area contributed by atoms with Gasteiger partial charge in [-0.1, -0.05) is 28.1 Å². The lowest BCUT2D eigenvalue weighted by atomic mass is 10.1. The molecular formula is C12H14BrF2N. The van der Waals surface area contributed by atoms with E-state index in [4.69, 9.17) is 0 Å². The van der Waals surface area contributed by atoms with Crippen molar-refractivity contribution < 1.29 is 8.78 Å². The molecule has 0 saturated carbocycles. The summed E-state index contributed by atoms with van der Waals surface area (Å²) in [6, 6.07) is 6.02. The van der Waals surface area contributed by atoms with Crippen molar-refractivity contribution in [3.05, 3.63) is 33.8 Å². The van der Waals surface area contributed by atoms with Crippen LogP contribution in [0.25, 0.3) is 0 Å². The van der Waals surface area contributed by atoms with Crippen molar-refractivity contribution in [1.29, 1.82) is 0 Å². The van der Waals surface area contributed by atoms with Gasteiger partial charge in [0.05, 0.1) is 6.54 Å². The predicted octanol–water partition coefficient (Wildman–Crippen LogP) is 3.60. The quantitative estimate of drug-likeness (QED) is 0.804. The lowest BCUT2D eigenvalue weighted by Crippen LogP contribution is -2.25. The zero-order valence-electron chi connectivity index (χ0n) is 9.14. The molecule has 2 rings (SSSR count). The Hall–Kier alpha value is -0.480. The van der Waals surface area contributed by atoms with E-state index in [-0.39, 0.29) is 13.0 Å². The van der Waals surface area contributed by atoms with Gasteiger partial charge in [0, 0.05) is 24.0 Å². The summed E-state index contributed by atoms with van der Waals surface area (Å²) in [5.41, 5.74) is 2.24. The Morgan fingerprint density at radius 3 is 2.75 bits per heavy atom. The second kappa shape index (κ2) is 4.41. The summed E-state index contributed by atoms with van der Waals surface area (Å²) in [5.74, 6) is -2.50. The second-order valence-electron chi connectivity index (χ2n) is 4.41. The molecule has 0 N–H and O–H groups in total. The maximum absolute atomic E-state index is 13.0. The summed E-state index contributed by atoms with van der Waals surface area (Å²) in [5, 5.41) is 0. The van der Waals surface area contributed by atoms with E-state index in [1.807, 2.05) is 25.1 Å². The fourth-order valence-electron chi connectivity index (χ4n) is 1.96. The summed E-state index contributed by atoms with van der Waals surface area (Å²) >= 11 is 3.47. The van der Waals surface area contributed by atoms with Gasteiger partial charge >= 0.3 is 0 Å². The van der Waals surface area contributed by atoms with E-state index in [1.165, 1.54) is 5.56 Å². The van der Waals surface area contributed by atoms with Gasteiger partial charge < -0.3 is 0 Å². The smallest absolute Gasteiger partial charge is 0.261 e. The van der Waals surface area contributed by atoms with Crippen LogP contribution in [0, 0.1) is 6.92 Å². The average Bonchev–Trinajstić information content (AvgIpc) is 2.51. The van der Waals surface area contributed by atoms with E-state index in [0.29, 0.717) is 13.1 Å². The molecule has 0 aliphatic carbocycles. The third kappa shape index (κ3) is 2.80. The molecule has 0 aromatic heterocycles. The number of halogens is 3. The van der Waals surface area contributed by atoms with Crippen LogP contribution in [-0.2, 0) is 6.54 Å². The van der Waals surface area contributed by atoms with Crippen molar-refractivity contribution in [2.75, 3.05) is 13.1 Å². The van der Waals surface area contributed by atoms with Crippen molar-refractivity contribution in [2.24, 2.45) is 0 Å². The van der Waals surface area contributed by atoms with E-state index in [1.54, 1.807) is 4.90 Å². The van der Waals surface area contributed by atoms with Crippen LogP contribution in [0.3, 0.4) is 0 Å². The lowest BCUT2D eigenvalue weighted by molar-refractivity contribution is 0.0115. The third-order valence-electron chi connectivity index (χ3n) is 2.85. The van der Waals surface area contributed by atoms with Gasteiger partial charge in [-0.15, -0.1) is 0 Å². The summed E-state index contributed by atoms with van der Waals surface area (Å²) in [4.78, 5) is 1.80. The second-order valence-corrected chi connectivity index (χ2v) is 5.27. The molecule has 1 nitrogen and oxygen atoms in total. The molecule has 0 bridgehead atoms. The number of hydrogen-bond acceptors (Lipinski definition) is 1. The predicted molar refractivity (Wildman–Crippen MR) is 63.7 cm³/mol. The molecule has 4 heteroatoms. The molecule has 1 aliphatic rings. The molecule has 88 valence electrons. The first kappa shape index (κ1) is 12.0. The molecule has 0 unspecified atom stereocenters. The van der Waals surface area contributed by atoms with Crippen LogP contribution in [-0.4, -0.2) is 23.9 Å². The topological polar surface area (TPSA) is 3.24 Å². The van der Waals surface area contributed by atoms with Crippen LogP contribution in [0.2, 0.25) is 0 Å². The van der Waals surface area contributed by atoms with Gasteiger partial charge in [0.15, 0.2) is 0 Å². The molecule has 0 radical (unpaired) electrons. The number of hydrogen-bond donors (Lipinski definition) is 0. The van der Waals surface area contributed by atoms with Crippen molar-refractivity contribution in [1.82, 2.24) is 4.90 Å². The summed E-state index contributed by atoms with van der Waals surface area (Å²) in [6.45, 7) is 2.97. The minimum absolute atomic E-state index is 0.0174. The maximum Gasteiger partial charge on any atom is 0.261 e. The van der Waals surface area contributed by atoms with Crippen molar-refractivity contribution in [3.63, 3.8) is 0 Å². The van der Waals surface area contributed by atoms with E-state index in [9.17, 15) is 8.78 Å². The minimum Gasteiger partial charge on any atom is -0.293 e. The molecule has 0 atom stereocenters. The van der Waals surface area contributed by atoms with Gasteiger partial charge in [-0.2, -0.15) is 0 Å². The van der Waals surface area contributed by atoms with Gasteiger partial charge in [0.1, 0.15) is 0 Å². The van der Waals surface area contributed by atoms with Gasteiger partial charge in [0.2, 0.25) is 0 Å². The molecule has 1 heterocycles. The van der Waals surface area contributed by atoms with E-state index in [2.05, 4.69) is 15.9 Å². The molecular weight excluding hydrogens is 276 g/mol. The molecule has 0 amide bonds. The molecule has 1 fully saturated rings. The van der Waals surface area contributed by atoms with Crippen LogP contribution in [0.5, 0.6) is 0 Å². The molecule has 1 saturated heterocycles. The first-order valence-electron chi connectivity index (χ1n) is 5.31. The van der Waals surface area contributed by atoms with Gasteiger partial charge in [0.25, 0.3) is 5.92 Å². The molecule has 1 aliphatic heterocycles. The van der Waals surface area contributed by atoms with Crippen LogP contribution in [0.1, 0.15) is 17.5 Å². The number of aryl methyl sites for hydroxylation is 1. The largest absolute Gasteiger partial charge is 0.293 e. The minimum atomic E-state index is -2.50. The van der Waals surface area contributed by atoms with Gasteiger partial charge in [-0.3, -0.25) is 4.90 Å². The standard InChI is InChI=1S/C12H14BrF2N/c1-9-2-3-10(11(13)6-9)7-16-5-4-12(14,15)8-16/h2-3,6H,4-5,7-8H2,1H3. The number of rotatable bonds is 2. The fourth-order valence-corrected chi connectivity index (χ4v) is 2.58. The monoisotopic (exact) mass is 289 g/mol. The first-order valence-corrected chi connectivity index (χ1v) is 6.11. The van der Waals surface area contributed by atoms with E-state index in [0.717, 1.165) is 10.0 Å². The Labute approximate surface area is 103 Å². The lowest BCUT2D eigenvalue weighted by Gasteiger charge is -2.16. The SMILES string of the molecule is Cc1ccc(CN2CCC(F)(F)C2)c(Br)c1. The van der Waals surface area contributed by atoms with Gasteiger partial charge in [-0.25, -0.2) is 8.78 Å². The highest BCUT2D eigenvalue weighted by molar-refractivity contribution is 9.10. The highest BCUT2D eigenvalue weighted by Crippen LogP contribution is 2.29. The summed E-state index contributed by atoms with van der Waals surface area (Å²) in [7, 11) is 0. The Morgan fingerprint density at radius 1 is 1.44 bits per heavy atom. The number of nitrogens with zero attached hydrogens (tertiary/aromatic N) is 1. The molecule has 16 heavy (non-hydrogen) atoms. The van der Waals surface area contributed by atoms with Crippen molar-refractivity contribution >= 4 is 15.9 Å². The Kier molecular flexibility index (Phi) is 3.31. The van der Waals surface area contributed by atoms with Crippen LogP contribution in [0.15, 0.2) is 22.7 Å². The number of alkyl halides is 2. The van der Waals surface area contributed by atoms with Crippen LogP contribution < -0.4 is 0 Å². The number of benzene rings is 1. The normalized spacial score (nSPS) is 20.2. The van der Waals surface area contributed by atoms with E-state index < -0.39 is 5.92 Å². The molecule has 1 aromatic rings. The summed E-state index contributed by atoms with van der Waals surface area (Å²) < 4.78 is 27.0. The Morgan fingerprint density at radius 2 is 2.19 bits per heavy atom. The fraction of sp³-hybridized carbons (Fsp3) is 0.500. The van der Waals surface area contributed by atoms with Crippen LogP contribution >= 0.6 is 15.9 Å². The zero-order valence-corrected chi connectivity index (χ0v) is 10.7. The van der Waals surface area contributed by atoms with Crippen molar-refractivity contribution in [2.45, 2.75) is 25.8 Å². The molecule has 0 spiro atoms. The average molecular weight is 290 g/mol. The van der Waals surface area contributed by atoms with Crippen LogP contribution in [0.4, 0.5) is 8.78 Å². The Balaban J connectivity index is 2.05. The van der Waals surface area contributed by atoms with E-state index >= 15 is 0 Å². The highest BCUT2D eigenvalue weighted by atomic mass is 79.9. The zero-order chi connectivity index (χ0) is 11.8. The Bertz CT molecular complexity index is 393. The highest BCUT2D eigenvalue weighted by Gasteiger charge is 2.37. The third-order valence-corrected chi connectivity index (χ3v) is 3.59. The molecule has 1 aromatic carbocycles. The maximum atomic E-state index is 13.0.